The quantitative estimate of drug-likeness (QED) is 0.881. The predicted octanol–water partition coefficient (Wildman–Crippen LogP) is 1.93. The summed E-state index contributed by atoms with van der Waals surface area (Å²) < 4.78 is 1.01. The van der Waals surface area contributed by atoms with E-state index < -0.39 is 0 Å². The molecule has 0 bridgehead atoms. The first-order chi connectivity index (χ1) is 7.04. The first-order valence-electron chi connectivity index (χ1n) is 4.92. The molecule has 0 radical (unpaired) electrons. The molecule has 0 saturated heterocycles. The molecule has 0 aliphatic carbocycles. The van der Waals surface area contributed by atoms with Crippen molar-refractivity contribution in [2.75, 3.05) is 13.6 Å². The standard InChI is InChI=1S/C11H17BrN2O/c1-8(6-13)14(2)7-9-5-10(15)3-4-11(9)12/h3-5,8,15H,6-7,13H2,1-2H3. The van der Waals surface area contributed by atoms with Gasteiger partial charge < -0.3 is 10.8 Å². The number of hydrogen-bond donors (Lipinski definition) is 2. The maximum Gasteiger partial charge on any atom is 0.115 e. The summed E-state index contributed by atoms with van der Waals surface area (Å²) in [6, 6.07) is 5.62. The summed E-state index contributed by atoms with van der Waals surface area (Å²) in [4.78, 5) is 2.15. The third-order valence-electron chi connectivity index (χ3n) is 2.54. The number of nitrogens with zero attached hydrogens (tertiary/aromatic N) is 1. The van der Waals surface area contributed by atoms with Crippen LogP contribution >= 0.6 is 15.9 Å². The molecule has 1 aromatic carbocycles. The Morgan fingerprint density at radius 3 is 2.80 bits per heavy atom. The van der Waals surface area contributed by atoms with Crippen molar-refractivity contribution in [3.8, 4) is 5.75 Å². The van der Waals surface area contributed by atoms with Crippen LogP contribution < -0.4 is 5.73 Å². The number of aromatic hydroxyl groups is 1. The highest BCUT2D eigenvalue weighted by Crippen LogP contribution is 2.23. The van der Waals surface area contributed by atoms with Crippen LogP contribution in [0.15, 0.2) is 22.7 Å². The molecule has 1 unspecified atom stereocenters. The summed E-state index contributed by atoms with van der Waals surface area (Å²) in [5.74, 6) is 0.294. The third-order valence-corrected chi connectivity index (χ3v) is 3.32. The van der Waals surface area contributed by atoms with Crippen molar-refractivity contribution in [1.82, 2.24) is 4.90 Å². The number of phenols is 1. The second-order valence-corrected chi connectivity index (χ2v) is 4.63. The van der Waals surface area contributed by atoms with Crippen LogP contribution in [0.25, 0.3) is 0 Å². The molecular formula is C11H17BrN2O. The van der Waals surface area contributed by atoms with Gasteiger partial charge in [0.25, 0.3) is 0 Å². The lowest BCUT2D eigenvalue weighted by Gasteiger charge is -2.23. The SMILES string of the molecule is CC(CN)N(C)Cc1cc(O)ccc1Br. The average molecular weight is 273 g/mol. The molecule has 84 valence electrons. The zero-order chi connectivity index (χ0) is 11.4. The molecule has 4 heteroatoms. The van der Waals surface area contributed by atoms with Crippen LogP contribution in [-0.2, 0) is 6.54 Å². The smallest absolute Gasteiger partial charge is 0.115 e. The predicted molar refractivity (Wildman–Crippen MR) is 65.8 cm³/mol. The lowest BCUT2D eigenvalue weighted by molar-refractivity contribution is 0.254. The van der Waals surface area contributed by atoms with E-state index in [1.807, 2.05) is 13.1 Å². The molecule has 3 nitrogen and oxygen atoms in total. The van der Waals surface area contributed by atoms with E-state index in [0.29, 0.717) is 18.3 Å². The summed E-state index contributed by atoms with van der Waals surface area (Å²) in [5, 5.41) is 9.38. The van der Waals surface area contributed by atoms with Crippen LogP contribution in [-0.4, -0.2) is 29.6 Å². The molecule has 3 N–H and O–H groups in total. The minimum Gasteiger partial charge on any atom is -0.508 e. The molecule has 1 rings (SSSR count). The highest BCUT2D eigenvalue weighted by molar-refractivity contribution is 9.10. The minimum absolute atomic E-state index is 0.294. The summed E-state index contributed by atoms with van der Waals surface area (Å²) >= 11 is 3.46. The van der Waals surface area contributed by atoms with Crippen molar-refractivity contribution in [2.45, 2.75) is 19.5 Å². The van der Waals surface area contributed by atoms with Gasteiger partial charge in [-0.15, -0.1) is 0 Å². The number of hydrogen-bond acceptors (Lipinski definition) is 3. The summed E-state index contributed by atoms with van der Waals surface area (Å²) in [7, 11) is 2.02. The Morgan fingerprint density at radius 1 is 1.53 bits per heavy atom. The van der Waals surface area contributed by atoms with Gasteiger partial charge in [-0.2, -0.15) is 0 Å². The molecule has 0 amide bonds. The summed E-state index contributed by atoms with van der Waals surface area (Å²) in [6.07, 6.45) is 0. The van der Waals surface area contributed by atoms with E-state index in [-0.39, 0.29) is 0 Å². The molecule has 0 spiro atoms. The number of phenolic OH excluding ortho intramolecular Hbond substituents is 1. The summed E-state index contributed by atoms with van der Waals surface area (Å²) in [6.45, 7) is 3.48. The van der Waals surface area contributed by atoms with Crippen LogP contribution in [0.5, 0.6) is 5.75 Å². The van der Waals surface area contributed by atoms with Gasteiger partial charge in [0.2, 0.25) is 0 Å². The highest BCUT2D eigenvalue weighted by Gasteiger charge is 2.09. The van der Waals surface area contributed by atoms with E-state index in [2.05, 4.69) is 27.8 Å². The lowest BCUT2D eigenvalue weighted by atomic mass is 10.2. The van der Waals surface area contributed by atoms with Crippen molar-refractivity contribution < 1.29 is 5.11 Å². The molecule has 1 aromatic rings. The largest absolute Gasteiger partial charge is 0.508 e. The Hall–Kier alpha value is -0.580. The molecule has 0 heterocycles. The Morgan fingerprint density at radius 2 is 2.20 bits per heavy atom. The van der Waals surface area contributed by atoms with Gasteiger partial charge >= 0.3 is 0 Å². The Bertz CT molecular complexity index is 330. The number of rotatable bonds is 4. The van der Waals surface area contributed by atoms with Crippen molar-refractivity contribution in [1.29, 1.82) is 0 Å². The van der Waals surface area contributed by atoms with Crippen LogP contribution in [0.4, 0.5) is 0 Å². The Kier molecular flexibility index (Phi) is 4.57. The van der Waals surface area contributed by atoms with E-state index >= 15 is 0 Å². The van der Waals surface area contributed by atoms with E-state index in [1.54, 1.807) is 12.1 Å². The van der Waals surface area contributed by atoms with Crippen molar-refractivity contribution >= 4 is 15.9 Å². The van der Waals surface area contributed by atoms with Gasteiger partial charge in [0, 0.05) is 23.6 Å². The van der Waals surface area contributed by atoms with E-state index in [4.69, 9.17) is 5.73 Å². The van der Waals surface area contributed by atoms with E-state index in [9.17, 15) is 5.11 Å². The van der Waals surface area contributed by atoms with Crippen LogP contribution in [0.3, 0.4) is 0 Å². The van der Waals surface area contributed by atoms with E-state index in [0.717, 1.165) is 16.6 Å². The minimum atomic E-state index is 0.294. The van der Waals surface area contributed by atoms with Crippen molar-refractivity contribution in [2.24, 2.45) is 5.73 Å². The third kappa shape index (κ3) is 3.48. The molecule has 0 fully saturated rings. The molecule has 0 aliphatic heterocycles. The maximum absolute atomic E-state index is 9.38. The molecular weight excluding hydrogens is 256 g/mol. The normalized spacial score (nSPS) is 13.1. The molecule has 0 aliphatic rings. The van der Waals surface area contributed by atoms with Gasteiger partial charge in [0.1, 0.15) is 5.75 Å². The fourth-order valence-corrected chi connectivity index (χ4v) is 1.66. The van der Waals surface area contributed by atoms with Crippen LogP contribution in [0.2, 0.25) is 0 Å². The second kappa shape index (κ2) is 5.49. The number of likely N-dealkylation sites (N-methyl/N-ethyl adjacent to an activating group) is 1. The number of halogens is 1. The fourth-order valence-electron chi connectivity index (χ4n) is 1.29. The molecule has 0 aromatic heterocycles. The zero-order valence-corrected chi connectivity index (χ0v) is 10.7. The van der Waals surface area contributed by atoms with Gasteiger partial charge in [-0.3, -0.25) is 4.90 Å². The molecule has 0 saturated carbocycles. The van der Waals surface area contributed by atoms with E-state index in [1.165, 1.54) is 0 Å². The van der Waals surface area contributed by atoms with Crippen LogP contribution in [0, 0.1) is 0 Å². The van der Waals surface area contributed by atoms with Gasteiger partial charge in [-0.05, 0) is 37.7 Å². The van der Waals surface area contributed by atoms with Gasteiger partial charge in [-0.1, -0.05) is 15.9 Å². The van der Waals surface area contributed by atoms with Gasteiger partial charge in [0.05, 0.1) is 0 Å². The topological polar surface area (TPSA) is 49.5 Å². The van der Waals surface area contributed by atoms with Crippen LogP contribution in [0.1, 0.15) is 12.5 Å². The Balaban J connectivity index is 2.75. The molecule has 1 atom stereocenters. The molecule has 15 heavy (non-hydrogen) atoms. The monoisotopic (exact) mass is 272 g/mol. The number of benzene rings is 1. The maximum atomic E-state index is 9.38. The van der Waals surface area contributed by atoms with Gasteiger partial charge in [0.15, 0.2) is 0 Å². The van der Waals surface area contributed by atoms with Gasteiger partial charge in [-0.25, -0.2) is 0 Å². The van der Waals surface area contributed by atoms with Crippen molar-refractivity contribution in [3.63, 3.8) is 0 Å². The highest BCUT2D eigenvalue weighted by atomic mass is 79.9. The average Bonchev–Trinajstić information content (AvgIpc) is 2.22. The summed E-state index contributed by atoms with van der Waals surface area (Å²) in [5.41, 5.74) is 6.66. The first kappa shape index (κ1) is 12.5. The Labute approximate surface area is 99.0 Å². The van der Waals surface area contributed by atoms with Crippen molar-refractivity contribution in [3.05, 3.63) is 28.2 Å². The lowest BCUT2D eigenvalue weighted by Crippen LogP contribution is -2.34. The fraction of sp³-hybridized carbons (Fsp3) is 0.455. The second-order valence-electron chi connectivity index (χ2n) is 3.78. The number of nitrogens with two attached hydrogens (primary N) is 1. The zero-order valence-electron chi connectivity index (χ0n) is 9.07. The first-order valence-corrected chi connectivity index (χ1v) is 5.71.